The van der Waals surface area contributed by atoms with E-state index in [0.29, 0.717) is 10.6 Å². The summed E-state index contributed by atoms with van der Waals surface area (Å²) in [6, 6.07) is 10.8. The van der Waals surface area contributed by atoms with Crippen molar-refractivity contribution in [1.29, 1.82) is 0 Å². The van der Waals surface area contributed by atoms with Gasteiger partial charge in [0, 0.05) is 14.6 Å². The van der Waals surface area contributed by atoms with Crippen molar-refractivity contribution in [2.24, 2.45) is 0 Å². The van der Waals surface area contributed by atoms with E-state index in [4.69, 9.17) is 11.6 Å². The highest BCUT2D eigenvalue weighted by molar-refractivity contribution is 9.10. The third-order valence-corrected chi connectivity index (χ3v) is 4.27. The first-order chi connectivity index (χ1) is 8.97. The van der Waals surface area contributed by atoms with E-state index < -0.39 is 0 Å². The minimum absolute atomic E-state index is 0.228. The summed E-state index contributed by atoms with van der Waals surface area (Å²) < 4.78 is 1.79. The Morgan fingerprint density at radius 1 is 1.16 bits per heavy atom. The Morgan fingerprint density at radius 3 is 2.53 bits per heavy atom. The number of nitrogens with one attached hydrogen (secondary N) is 1. The van der Waals surface area contributed by atoms with Crippen LogP contribution in [-0.4, -0.2) is 5.91 Å². The van der Waals surface area contributed by atoms with Gasteiger partial charge in [-0.15, -0.1) is 0 Å². The molecule has 0 aliphatic carbocycles. The SMILES string of the molecule is Cc1ccc(NC(=O)c2ccc(Br)cc2Cl)cc1Br. The van der Waals surface area contributed by atoms with Gasteiger partial charge >= 0.3 is 0 Å². The summed E-state index contributed by atoms with van der Waals surface area (Å²) in [6.07, 6.45) is 0. The van der Waals surface area contributed by atoms with Gasteiger partial charge in [-0.1, -0.05) is 49.5 Å². The lowest BCUT2D eigenvalue weighted by Crippen LogP contribution is -2.12. The highest BCUT2D eigenvalue weighted by Crippen LogP contribution is 2.24. The second kappa shape index (κ2) is 6.07. The second-order valence-corrected chi connectivity index (χ2v) is 6.22. The summed E-state index contributed by atoms with van der Waals surface area (Å²) in [5.41, 5.74) is 2.28. The highest BCUT2D eigenvalue weighted by atomic mass is 79.9. The van der Waals surface area contributed by atoms with Crippen molar-refractivity contribution in [2.45, 2.75) is 6.92 Å². The first-order valence-electron chi connectivity index (χ1n) is 5.50. The van der Waals surface area contributed by atoms with Gasteiger partial charge in [0.2, 0.25) is 0 Å². The largest absolute Gasteiger partial charge is 0.322 e. The molecule has 2 aromatic rings. The number of carbonyl (C=O) groups is 1. The molecule has 0 radical (unpaired) electrons. The van der Waals surface area contributed by atoms with Crippen LogP contribution < -0.4 is 5.32 Å². The first-order valence-corrected chi connectivity index (χ1v) is 7.46. The number of halogens is 3. The second-order valence-electron chi connectivity index (χ2n) is 4.04. The third-order valence-electron chi connectivity index (χ3n) is 2.61. The van der Waals surface area contributed by atoms with Crippen LogP contribution >= 0.6 is 43.5 Å². The zero-order valence-corrected chi connectivity index (χ0v) is 13.9. The summed E-state index contributed by atoms with van der Waals surface area (Å²) in [5, 5.41) is 3.23. The van der Waals surface area contributed by atoms with E-state index >= 15 is 0 Å². The van der Waals surface area contributed by atoms with Gasteiger partial charge in [-0.3, -0.25) is 4.79 Å². The van der Waals surface area contributed by atoms with E-state index in [-0.39, 0.29) is 5.91 Å². The average molecular weight is 404 g/mol. The van der Waals surface area contributed by atoms with Crippen molar-refractivity contribution in [3.05, 3.63) is 61.5 Å². The fraction of sp³-hybridized carbons (Fsp3) is 0.0714. The average Bonchev–Trinajstić information content (AvgIpc) is 2.33. The number of benzene rings is 2. The molecule has 19 heavy (non-hydrogen) atoms. The molecule has 0 unspecified atom stereocenters. The molecular weight excluding hydrogens is 393 g/mol. The van der Waals surface area contributed by atoms with Gasteiger partial charge in [-0.25, -0.2) is 0 Å². The molecule has 2 aromatic carbocycles. The van der Waals surface area contributed by atoms with Crippen molar-refractivity contribution < 1.29 is 4.79 Å². The fourth-order valence-corrected chi connectivity index (χ4v) is 2.68. The van der Waals surface area contributed by atoms with Gasteiger partial charge in [-0.05, 0) is 42.8 Å². The summed E-state index contributed by atoms with van der Waals surface area (Å²) in [4.78, 5) is 12.1. The lowest BCUT2D eigenvalue weighted by molar-refractivity contribution is 0.102. The Kier molecular flexibility index (Phi) is 4.66. The number of amides is 1. The van der Waals surface area contributed by atoms with Gasteiger partial charge < -0.3 is 5.32 Å². The van der Waals surface area contributed by atoms with E-state index in [2.05, 4.69) is 37.2 Å². The standard InChI is InChI=1S/C14H10Br2ClNO/c1-8-2-4-10(7-12(8)16)18-14(19)11-5-3-9(15)6-13(11)17/h2-7H,1H3,(H,18,19). The Labute approximate surface area is 133 Å². The minimum atomic E-state index is -0.228. The Balaban J connectivity index is 2.23. The van der Waals surface area contributed by atoms with Gasteiger partial charge in [0.1, 0.15) is 0 Å². The molecule has 0 spiro atoms. The molecule has 0 aliphatic rings. The molecule has 1 N–H and O–H groups in total. The molecular formula is C14H10Br2ClNO. The molecule has 0 aliphatic heterocycles. The Hall–Kier alpha value is -0.840. The molecule has 0 saturated carbocycles. The lowest BCUT2D eigenvalue weighted by Gasteiger charge is -2.08. The monoisotopic (exact) mass is 401 g/mol. The van der Waals surface area contributed by atoms with Crippen molar-refractivity contribution in [3.63, 3.8) is 0 Å². The molecule has 98 valence electrons. The van der Waals surface area contributed by atoms with E-state index in [9.17, 15) is 4.79 Å². The zero-order valence-electron chi connectivity index (χ0n) is 10.0. The fourth-order valence-electron chi connectivity index (χ4n) is 1.54. The smallest absolute Gasteiger partial charge is 0.257 e. The number of hydrogen-bond donors (Lipinski definition) is 1. The molecule has 0 bridgehead atoms. The summed E-state index contributed by atoms with van der Waals surface area (Å²) in [5.74, 6) is -0.228. The maximum atomic E-state index is 12.1. The maximum Gasteiger partial charge on any atom is 0.257 e. The van der Waals surface area contributed by atoms with Crippen molar-refractivity contribution in [2.75, 3.05) is 5.32 Å². The Bertz CT molecular complexity index is 643. The highest BCUT2D eigenvalue weighted by Gasteiger charge is 2.11. The molecule has 0 fully saturated rings. The van der Waals surface area contributed by atoms with E-state index in [1.807, 2.05) is 25.1 Å². The van der Waals surface area contributed by atoms with E-state index in [1.54, 1.807) is 18.2 Å². The summed E-state index contributed by atoms with van der Waals surface area (Å²) in [6.45, 7) is 1.99. The van der Waals surface area contributed by atoms with Gasteiger partial charge in [0.15, 0.2) is 0 Å². The summed E-state index contributed by atoms with van der Waals surface area (Å²) >= 11 is 12.8. The van der Waals surface area contributed by atoms with Gasteiger partial charge in [-0.2, -0.15) is 0 Å². The lowest BCUT2D eigenvalue weighted by atomic mass is 10.2. The van der Waals surface area contributed by atoms with E-state index in [1.165, 1.54) is 0 Å². The van der Waals surface area contributed by atoms with Crippen LogP contribution in [0, 0.1) is 6.92 Å². The first kappa shape index (κ1) is 14.6. The number of aryl methyl sites for hydroxylation is 1. The Morgan fingerprint density at radius 2 is 1.89 bits per heavy atom. The predicted octanol–water partition coefficient (Wildman–Crippen LogP) is 5.43. The normalized spacial score (nSPS) is 10.3. The molecule has 2 rings (SSSR count). The molecule has 2 nitrogen and oxygen atoms in total. The number of rotatable bonds is 2. The van der Waals surface area contributed by atoms with Crippen LogP contribution in [0.1, 0.15) is 15.9 Å². The number of hydrogen-bond acceptors (Lipinski definition) is 1. The quantitative estimate of drug-likeness (QED) is 0.712. The van der Waals surface area contributed by atoms with Crippen molar-refractivity contribution >= 4 is 55.1 Å². The molecule has 0 saturated heterocycles. The minimum Gasteiger partial charge on any atom is -0.322 e. The van der Waals surface area contributed by atoms with Crippen molar-refractivity contribution in [3.8, 4) is 0 Å². The van der Waals surface area contributed by atoms with Crippen LogP contribution in [0.2, 0.25) is 5.02 Å². The molecule has 0 aromatic heterocycles. The van der Waals surface area contributed by atoms with Crippen LogP contribution in [0.25, 0.3) is 0 Å². The van der Waals surface area contributed by atoms with Crippen LogP contribution in [0.5, 0.6) is 0 Å². The summed E-state index contributed by atoms with van der Waals surface area (Å²) in [7, 11) is 0. The van der Waals surface area contributed by atoms with Crippen molar-refractivity contribution in [1.82, 2.24) is 0 Å². The number of anilines is 1. The zero-order chi connectivity index (χ0) is 14.0. The topological polar surface area (TPSA) is 29.1 Å². The predicted molar refractivity (Wildman–Crippen MR) is 86.0 cm³/mol. The maximum absolute atomic E-state index is 12.1. The van der Waals surface area contributed by atoms with Crippen LogP contribution in [-0.2, 0) is 0 Å². The van der Waals surface area contributed by atoms with Crippen LogP contribution in [0.3, 0.4) is 0 Å². The third kappa shape index (κ3) is 3.59. The van der Waals surface area contributed by atoms with E-state index in [0.717, 1.165) is 20.2 Å². The molecule has 0 heterocycles. The molecule has 0 atom stereocenters. The van der Waals surface area contributed by atoms with Crippen LogP contribution in [0.15, 0.2) is 45.3 Å². The molecule has 1 amide bonds. The van der Waals surface area contributed by atoms with Gasteiger partial charge in [0.25, 0.3) is 5.91 Å². The van der Waals surface area contributed by atoms with Crippen LogP contribution in [0.4, 0.5) is 5.69 Å². The van der Waals surface area contributed by atoms with Gasteiger partial charge in [0.05, 0.1) is 10.6 Å². The number of carbonyl (C=O) groups excluding carboxylic acids is 1. The molecule has 5 heteroatoms.